The minimum Gasteiger partial charge on any atom is -0.325 e. The number of aromatic nitrogens is 2. The lowest BCUT2D eigenvalue weighted by Crippen LogP contribution is -2.37. The monoisotopic (exact) mass is 349 g/mol. The zero-order valence-electron chi connectivity index (χ0n) is 12.5. The van der Waals surface area contributed by atoms with E-state index in [-0.39, 0.29) is 17.0 Å². The molecule has 3 rings (SSSR count). The van der Waals surface area contributed by atoms with Crippen LogP contribution < -0.4 is 0 Å². The number of hydrogen-bond acceptors (Lipinski definition) is 4. The van der Waals surface area contributed by atoms with E-state index in [1.165, 1.54) is 13.1 Å². The Labute approximate surface area is 143 Å². The van der Waals surface area contributed by atoms with Crippen molar-refractivity contribution < 1.29 is 9.59 Å². The number of Topliss-reactive ketones (excluding diaryl/α,β-unsaturated/α-hetero) is 1. The standard InChI is InChI=1S/C16H13Cl2N3O2/c1-8(9(2)22)21-7-11-4-3-10(5-12(11)15(21)23)14-13(17)6-19-16(18)20-14/h3-6,8H,7H2,1-2H3/t8-/m1/s1. The lowest BCUT2D eigenvalue weighted by atomic mass is 10.0. The summed E-state index contributed by atoms with van der Waals surface area (Å²) in [7, 11) is 0. The highest BCUT2D eigenvalue weighted by molar-refractivity contribution is 6.33. The average Bonchev–Trinajstić information content (AvgIpc) is 2.85. The fourth-order valence-corrected chi connectivity index (χ4v) is 2.88. The molecular formula is C16H13Cl2N3O2. The third-order valence-electron chi connectivity index (χ3n) is 3.99. The van der Waals surface area contributed by atoms with Crippen LogP contribution in [0.3, 0.4) is 0 Å². The number of benzene rings is 1. The normalized spacial score (nSPS) is 14.8. The van der Waals surface area contributed by atoms with Crippen LogP contribution in [0.25, 0.3) is 11.3 Å². The highest BCUT2D eigenvalue weighted by Crippen LogP contribution is 2.32. The summed E-state index contributed by atoms with van der Waals surface area (Å²) in [6, 6.07) is 4.96. The first-order valence-corrected chi connectivity index (χ1v) is 7.77. The number of fused-ring (bicyclic) bond motifs is 1. The second-order valence-corrected chi connectivity index (χ2v) is 6.17. The van der Waals surface area contributed by atoms with Gasteiger partial charge in [-0.3, -0.25) is 9.59 Å². The van der Waals surface area contributed by atoms with Gasteiger partial charge in [-0.2, -0.15) is 0 Å². The molecule has 23 heavy (non-hydrogen) atoms. The molecule has 0 saturated heterocycles. The van der Waals surface area contributed by atoms with Gasteiger partial charge >= 0.3 is 0 Å². The van der Waals surface area contributed by atoms with Crippen molar-refractivity contribution in [2.24, 2.45) is 0 Å². The number of carbonyl (C=O) groups is 2. The van der Waals surface area contributed by atoms with Gasteiger partial charge in [0.15, 0.2) is 5.78 Å². The highest BCUT2D eigenvalue weighted by Gasteiger charge is 2.32. The van der Waals surface area contributed by atoms with E-state index in [0.29, 0.717) is 28.4 Å². The number of rotatable bonds is 3. The summed E-state index contributed by atoms with van der Waals surface area (Å²) >= 11 is 11.9. The Morgan fingerprint density at radius 3 is 2.78 bits per heavy atom. The van der Waals surface area contributed by atoms with Gasteiger partial charge in [-0.05, 0) is 37.1 Å². The largest absolute Gasteiger partial charge is 0.325 e. The number of ketones is 1. The molecule has 0 aliphatic carbocycles. The minimum absolute atomic E-state index is 0.0444. The van der Waals surface area contributed by atoms with E-state index in [9.17, 15) is 9.59 Å². The van der Waals surface area contributed by atoms with Crippen LogP contribution in [-0.4, -0.2) is 32.6 Å². The number of halogens is 2. The van der Waals surface area contributed by atoms with E-state index in [2.05, 4.69) is 9.97 Å². The van der Waals surface area contributed by atoms with Crippen molar-refractivity contribution in [2.45, 2.75) is 26.4 Å². The molecule has 1 aliphatic heterocycles. The topological polar surface area (TPSA) is 63.2 Å². The summed E-state index contributed by atoms with van der Waals surface area (Å²) in [4.78, 5) is 33.6. The molecule has 0 N–H and O–H groups in total. The van der Waals surface area contributed by atoms with E-state index in [0.717, 1.165) is 5.56 Å². The van der Waals surface area contributed by atoms with Gasteiger partial charge in [0.25, 0.3) is 5.91 Å². The summed E-state index contributed by atoms with van der Waals surface area (Å²) in [5, 5.41) is 0.441. The number of carbonyl (C=O) groups excluding carboxylic acids is 2. The van der Waals surface area contributed by atoms with Gasteiger partial charge in [0.05, 0.1) is 23.0 Å². The first-order chi connectivity index (χ1) is 10.9. The van der Waals surface area contributed by atoms with Gasteiger partial charge in [-0.25, -0.2) is 9.97 Å². The first-order valence-electron chi connectivity index (χ1n) is 7.01. The van der Waals surface area contributed by atoms with Gasteiger partial charge < -0.3 is 4.90 Å². The Kier molecular flexibility index (Phi) is 4.08. The molecule has 118 valence electrons. The predicted octanol–water partition coefficient (Wildman–Crippen LogP) is 3.38. The van der Waals surface area contributed by atoms with Crippen LogP contribution in [0.5, 0.6) is 0 Å². The third kappa shape index (κ3) is 2.82. The zero-order chi connectivity index (χ0) is 16.7. The molecule has 1 aromatic carbocycles. The molecule has 1 aromatic heterocycles. The van der Waals surface area contributed by atoms with E-state index in [4.69, 9.17) is 23.2 Å². The Morgan fingerprint density at radius 2 is 2.09 bits per heavy atom. The molecular weight excluding hydrogens is 337 g/mol. The molecule has 2 aromatic rings. The van der Waals surface area contributed by atoms with Crippen LogP contribution in [0.1, 0.15) is 29.8 Å². The maximum absolute atomic E-state index is 12.6. The van der Waals surface area contributed by atoms with Crippen molar-refractivity contribution in [1.82, 2.24) is 14.9 Å². The summed E-state index contributed by atoms with van der Waals surface area (Å²) in [6.45, 7) is 3.64. The molecule has 5 nitrogen and oxygen atoms in total. The summed E-state index contributed by atoms with van der Waals surface area (Å²) < 4.78 is 0. The maximum atomic E-state index is 12.6. The minimum atomic E-state index is -0.449. The average molecular weight is 350 g/mol. The first kappa shape index (κ1) is 15.9. The smallest absolute Gasteiger partial charge is 0.255 e. The van der Waals surface area contributed by atoms with Gasteiger partial charge in [-0.15, -0.1) is 0 Å². The van der Waals surface area contributed by atoms with E-state index in [1.807, 2.05) is 12.1 Å². The maximum Gasteiger partial charge on any atom is 0.255 e. The van der Waals surface area contributed by atoms with Crippen LogP contribution in [0.2, 0.25) is 10.3 Å². The molecule has 7 heteroatoms. The molecule has 1 atom stereocenters. The van der Waals surface area contributed by atoms with E-state index in [1.54, 1.807) is 17.9 Å². The fourth-order valence-electron chi connectivity index (χ4n) is 2.55. The van der Waals surface area contributed by atoms with Crippen LogP contribution in [0.4, 0.5) is 0 Å². The lowest BCUT2D eigenvalue weighted by Gasteiger charge is -2.21. The molecule has 0 unspecified atom stereocenters. The number of nitrogens with zero attached hydrogens (tertiary/aromatic N) is 3. The molecule has 0 spiro atoms. The summed E-state index contributed by atoms with van der Waals surface area (Å²) in [6.07, 6.45) is 1.42. The SMILES string of the molecule is CC(=O)[C@@H](C)N1Cc2ccc(-c3nc(Cl)ncc3Cl)cc2C1=O. The van der Waals surface area contributed by atoms with Crippen molar-refractivity contribution >= 4 is 34.9 Å². The summed E-state index contributed by atoms with van der Waals surface area (Å²) in [5.41, 5.74) is 2.59. The van der Waals surface area contributed by atoms with Crippen molar-refractivity contribution in [3.8, 4) is 11.3 Å². The van der Waals surface area contributed by atoms with Crippen molar-refractivity contribution in [3.63, 3.8) is 0 Å². The highest BCUT2D eigenvalue weighted by atomic mass is 35.5. The van der Waals surface area contributed by atoms with Crippen molar-refractivity contribution in [1.29, 1.82) is 0 Å². The predicted molar refractivity (Wildman–Crippen MR) is 87.5 cm³/mol. The van der Waals surface area contributed by atoms with Crippen molar-refractivity contribution in [2.75, 3.05) is 0 Å². The van der Waals surface area contributed by atoms with Crippen LogP contribution in [-0.2, 0) is 11.3 Å². The molecule has 1 aliphatic rings. The Morgan fingerprint density at radius 1 is 1.35 bits per heavy atom. The second-order valence-electron chi connectivity index (χ2n) is 5.43. The van der Waals surface area contributed by atoms with Gasteiger partial charge in [0.1, 0.15) is 0 Å². The molecule has 2 heterocycles. The molecule has 0 fully saturated rings. The molecule has 0 saturated carbocycles. The van der Waals surface area contributed by atoms with Crippen LogP contribution in [0, 0.1) is 0 Å². The fraction of sp³-hybridized carbons (Fsp3) is 0.250. The van der Waals surface area contributed by atoms with Crippen molar-refractivity contribution in [3.05, 3.63) is 45.8 Å². The molecule has 1 amide bonds. The number of amides is 1. The lowest BCUT2D eigenvalue weighted by molar-refractivity contribution is -0.120. The van der Waals surface area contributed by atoms with E-state index >= 15 is 0 Å². The zero-order valence-corrected chi connectivity index (χ0v) is 14.0. The molecule has 0 radical (unpaired) electrons. The quantitative estimate of drug-likeness (QED) is 0.796. The van der Waals surface area contributed by atoms with Crippen LogP contribution in [0.15, 0.2) is 24.4 Å². The van der Waals surface area contributed by atoms with Crippen LogP contribution >= 0.6 is 23.2 Å². The van der Waals surface area contributed by atoms with Gasteiger partial charge in [-0.1, -0.05) is 23.7 Å². The van der Waals surface area contributed by atoms with Gasteiger partial charge in [0.2, 0.25) is 5.28 Å². The Bertz CT molecular complexity index is 823. The van der Waals surface area contributed by atoms with E-state index < -0.39 is 6.04 Å². The van der Waals surface area contributed by atoms with Gasteiger partial charge in [0, 0.05) is 17.7 Å². The Balaban J connectivity index is 2.01. The number of hydrogen-bond donors (Lipinski definition) is 0. The molecule has 0 bridgehead atoms. The summed E-state index contributed by atoms with van der Waals surface area (Å²) in [5.74, 6) is -0.210. The Hall–Kier alpha value is -1.98. The third-order valence-corrected chi connectivity index (χ3v) is 4.44. The second kappa shape index (κ2) is 5.91.